The average molecular weight is 161 g/mol. The number of nitrogens with one attached hydrogen (secondary N) is 1. The van der Waals surface area contributed by atoms with Crippen molar-refractivity contribution in [2.75, 3.05) is 0 Å². The highest BCUT2D eigenvalue weighted by atomic mass is 32.2. The molecule has 1 atom stereocenters. The maximum atomic E-state index is 9.67. The number of hydrogen-bond donors (Lipinski definition) is 4. The van der Waals surface area contributed by atoms with Crippen LogP contribution in [0.25, 0.3) is 0 Å². The molecule has 0 bridgehead atoms. The summed E-state index contributed by atoms with van der Waals surface area (Å²) in [5.74, 6) is 0. The maximum absolute atomic E-state index is 9.67. The molecular weight excluding hydrogens is 157 g/mol. The summed E-state index contributed by atoms with van der Waals surface area (Å²) >= 11 is -2.65. The van der Waals surface area contributed by atoms with E-state index in [-0.39, 0.29) is 0 Å². The summed E-state index contributed by atoms with van der Waals surface area (Å²) in [4.78, 5) is 15.7. The number of hydrogen-bond acceptors (Lipinski definition) is 2. The first-order valence-corrected chi connectivity index (χ1v) is 4.08. The Morgan fingerprint density at radius 2 is 1.88 bits per heavy atom. The lowest BCUT2D eigenvalue weighted by molar-refractivity contribution is 0.367. The van der Waals surface area contributed by atoms with Crippen molar-refractivity contribution >= 4 is 19.0 Å². The smallest absolute Gasteiger partial charge is 0.312 e. The fourth-order valence-corrected chi connectivity index (χ4v) is 0.916. The molecule has 0 aliphatic carbocycles. The van der Waals surface area contributed by atoms with Gasteiger partial charge in [0, 0.05) is 0 Å². The van der Waals surface area contributed by atoms with E-state index in [1.165, 1.54) is 0 Å². The zero-order valence-corrected chi connectivity index (χ0v) is 5.22. The lowest BCUT2D eigenvalue weighted by atomic mass is 13.9. The van der Waals surface area contributed by atoms with Crippen molar-refractivity contribution in [1.82, 2.24) is 4.49 Å². The third-order valence-electron chi connectivity index (χ3n) is 0.197. The van der Waals surface area contributed by atoms with Crippen molar-refractivity contribution in [3.05, 3.63) is 0 Å². The van der Waals surface area contributed by atoms with Crippen LogP contribution in [0.3, 0.4) is 0 Å². The van der Waals surface area contributed by atoms with Crippen LogP contribution in [0.15, 0.2) is 0 Å². The van der Waals surface area contributed by atoms with Gasteiger partial charge in [0.25, 0.3) is 0 Å². The Kier molecular flexibility index (Phi) is 2.75. The summed E-state index contributed by atoms with van der Waals surface area (Å²) in [6.45, 7) is 0. The Morgan fingerprint density at radius 3 is 1.88 bits per heavy atom. The van der Waals surface area contributed by atoms with Gasteiger partial charge in [0.05, 0.1) is 0 Å². The molecule has 1 unspecified atom stereocenters. The molecule has 50 valence electrons. The van der Waals surface area contributed by atoms with Gasteiger partial charge in [0.15, 0.2) is 0 Å². The highest BCUT2D eigenvalue weighted by molar-refractivity contribution is 7.84. The monoisotopic (exact) mass is 161 g/mol. The first-order chi connectivity index (χ1) is 3.42. The molecule has 0 aromatic carbocycles. The Hall–Kier alpha value is 0.220. The minimum Gasteiger partial charge on any atom is -0.312 e. The molecular formula is H4NO5PS. The van der Waals surface area contributed by atoms with E-state index in [1.807, 2.05) is 0 Å². The van der Waals surface area contributed by atoms with E-state index in [9.17, 15) is 8.77 Å². The lowest BCUT2D eigenvalue weighted by Gasteiger charge is -1.97. The van der Waals surface area contributed by atoms with Gasteiger partial charge in [-0.1, -0.05) is 0 Å². The van der Waals surface area contributed by atoms with Gasteiger partial charge in [-0.3, -0.25) is 4.55 Å². The minimum atomic E-state index is -4.52. The molecule has 0 saturated carbocycles. The van der Waals surface area contributed by atoms with E-state index in [0.717, 1.165) is 4.49 Å². The molecule has 4 N–H and O–H groups in total. The predicted octanol–water partition coefficient (Wildman–Crippen LogP) is -1.19. The molecule has 0 aromatic heterocycles. The van der Waals surface area contributed by atoms with Gasteiger partial charge >= 0.3 is 7.75 Å². The standard InChI is InChI=1S/H4NO5PS/c2-7(3,4)1-8(5)6/h(H,5,6)(H3,1,2,3,4). The Balaban J connectivity index is 3.74. The van der Waals surface area contributed by atoms with Crippen LogP contribution >= 0.6 is 7.75 Å². The molecule has 0 fully saturated rings. The molecule has 0 heterocycles. The topological polar surface area (TPSA) is 107 Å². The quantitative estimate of drug-likeness (QED) is 0.301. The van der Waals surface area contributed by atoms with E-state index >= 15 is 0 Å². The molecule has 0 spiro atoms. The van der Waals surface area contributed by atoms with Gasteiger partial charge in [-0.05, 0) is 0 Å². The van der Waals surface area contributed by atoms with Crippen molar-refractivity contribution < 1.29 is 23.1 Å². The highest BCUT2D eigenvalue weighted by Gasteiger charge is 2.13. The molecule has 8 heavy (non-hydrogen) atoms. The van der Waals surface area contributed by atoms with Gasteiger partial charge in [-0.25, -0.2) is 8.77 Å². The van der Waals surface area contributed by atoms with Crippen molar-refractivity contribution in [3.63, 3.8) is 0 Å². The highest BCUT2D eigenvalue weighted by Crippen LogP contribution is 2.27. The molecule has 8 heteroatoms. The van der Waals surface area contributed by atoms with Crippen LogP contribution in [-0.4, -0.2) is 18.5 Å². The van der Waals surface area contributed by atoms with Gasteiger partial charge in [-0.2, -0.15) is 0 Å². The molecule has 0 saturated heterocycles. The van der Waals surface area contributed by atoms with Gasteiger partial charge in [-0.15, -0.1) is 4.49 Å². The van der Waals surface area contributed by atoms with Crippen molar-refractivity contribution in [3.8, 4) is 0 Å². The largest absolute Gasteiger partial charge is 0.413 e. The van der Waals surface area contributed by atoms with E-state index in [1.54, 1.807) is 0 Å². The van der Waals surface area contributed by atoms with Crippen molar-refractivity contribution in [1.29, 1.82) is 0 Å². The molecule has 0 aliphatic heterocycles. The summed E-state index contributed by atoms with van der Waals surface area (Å²) in [5.41, 5.74) is 0. The second-order valence-corrected chi connectivity index (χ2v) is 3.20. The van der Waals surface area contributed by atoms with Gasteiger partial charge in [0.1, 0.15) is 0 Å². The zero-order valence-electron chi connectivity index (χ0n) is 3.51. The first kappa shape index (κ1) is 8.22. The molecule has 0 amide bonds. The van der Waals surface area contributed by atoms with Crippen LogP contribution in [-0.2, 0) is 15.8 Å². The van der Waals surface area contributed by atoms with Crippen LogP contribution in [0.2, 0.25) is 0 Å². The summed E-state index contributed by atoms with van der Waals surface area (Å²) in [6, 6.07) is 0. The average Bonchev–Trinajstić information content (AvgIpc) is 1.21. The Bertz CT molecular complexity index is 135. The zero-order chi connectivity index (χ0) is 6.78. The Labute approximate surface area is 47.5 Å². The third-order valence-corrected chi connectivity index (χ3v) is 1.77. The minimum absolute atomic E-state index is 1.08. The van der Waals surface area contributed by atoms with Crippen LogP contribution < -0.4 is 4.49 Å². The Morgan fingerprint density at radius 1 is 1.50 bits per heavy atom. The lowest BCUT2D eigenvalue weighted by Crippen LogP contribution is -2.11. The maximum Gasteiger partial charge on any atom is 0.413 e. The van der Waals surface area contributed by atoms with E-state index in [0.29, 0.717) is 0 Å². The van der Waals surface area contributed by atoms with Crippen molar-refractivity contribution in [2.45, 2.75) is 0 Å². The second-order valence-electron chi connectivity index (χ2n) is 0.884. The summed E-state index contributed by atoms with van der Waals surface area (Å²) in [7, 11) is -4.52. The second kappa shape index (κ2) is 2.67. The summed E-state index contributed by atoms with van der Waals surface area (Å²) in [6.07, 6.45) is 0. The van der Waals surface area contributed by atoms with Crippen LogP contribution in [0.4, 0.5) is 0 Å². The van der Waals surface area contributed by atoms with Gasteiger partial charge < -0.3 is 9.79 Å². The fourth-order valence-electron chi connectivity index (χ4n) is 0.102. The third kappa shape index (κ3) is 6.22. The van der Waals surface area contributed by atoms with E-state index < -0.39 is 19.0 Å². The van der Waals surface area contributed by atoms with Crippen LogP contribution in [0, 0.1) is 0 Å². The van der Waals surface area contributed by atoms with E-state index in [2.05, 4.69) is 0 Å². The van der Waals surface area contributed by atoms with Crippen LogP contribution in [0.5, 0.6) is 0 Å². The molecule has 0 rings (SSSR count). The number of rotatable bonds is 2. The fraction of sp³-hybridized carbons (Fsp3) is 0. The van der Waals surface area contributed by atoms with Gasteiger partial charge in [0.2, 0.25) is 11.3 Å². The summed E-state index contributed by atoms with van der Waals surface area (Å²) < 4.78 is 28.0. The normalized spacial score (nSPS) is 15.9. The molecule has 0 aliphatic rings. The van der Waals surface area contributed by atoms with Crippen molar-refractivity contribution in [2.24, 2.45) is 0 Å². The first-order valence-electron chi connectivity index (χ1n) is 1.36. The molecule has 0 radical (unpaired) electrons. The van der Waals surface area contributed by atoms with Crippen LogP contribution in [0.1, 0.15) is 0 Å². The SMILES string of the molecule is O=S(O)NP(=O)(O)O. The molecule has 6 nitrogen and oxygen atoms in total. The predicted molar refractivity (Wildman–Crippen MR) is 26.0 cm³/mol. The van der Waals surface area contributed by atoms with E-state index in [4.69, 9.17) is 14.3 Å². The molecule has 0 aromatic rings. The summed E-state index contributed by atoms with van der Waals surface area (Å²) in [5, 5.41) is 0.